The highest BCUT2D eigenvalue weighted by Gasteiger charge is 2.31. The van der Waals surface area contributed by atoms with Gasteiger partial charge in [0.05, 0.1) is 19.8 Å². The van der Waals surface area contributed by atoms with Crippen molar-refractivity contribution in [2.45, 2.75) is 19.8 Å². The van der Waals surface area contributed by atoms with Gasteiger partial charge in [-0.05, 0) is 168 Å². The van der Waals surface area contributed by atoms with Crippen LogP contribution in [0.1, 0.15) is 16.7 Å². The molecule has 0 aliphatic heterocycles. The van der Waals surface area contributed by atoms with Crippen molar-refractivity contribution >= 4 is 7.32 Å². The van der Waals surface area contributed by atoms with Gasteiger partial charge in [0.25, 0.3) is 0 Å². The van der Waals surface area contributed by atoms with Crippen LogP contribution in [0, 0.1) is 0 Å². The molecule has 0 heterocycles. The van der Waals surface area contributed by atoms with E-state index in [1.54, 1.807) is 0 Å². The van der Waals surface area contributed by atoms with Gasteiger partial charge in [0, 0.05) is 0 Å². The second kappa shape index (κ2) is 29.3. The standard InChI is InChI=1S/C93H69BO3/c1-13-37-67(38-14-1)82-61-79(85(70-43-19-4-20-44-70)91(76-55-31-10-32-56-76)88(82)73-49-25-7-26-50-73)64-95-94(96-65-80-62-83(68-39-15-2-16-40-68)89(74-51-27-8-28-52-74)92(77-57-33-11-34-58-77)86(80)71-45-21-5-22-46-71)97-66-81-63-84(69-41-17-3-18-42-69)90(75-53-29-9-30-54-75)93(78-59-35-12-36-60-78)87(81)72-47-23-6-24-48-72/h1-63H,64-66H2. The number of benzene rings is 15. The van der Waals surface area contributed by atoms with Gasteiger partial charge in [-0.1, -0.05) is 364 Å². The summed E-state index contributed by atoms with van der Waals surface area (Å²) in [5, 5.41) is 0. The fraction of sp³-hybridized carbons (Fsp3) is 0.0323. The summed E-state index contributed by atoms with van der Waals surface area (Å²) in [7, 11) is -1.23. The van der Waals surface area contributed by atoms with Crippen molar-refractivity contribution in [3.05, 3.63) is 399 Å². The van der Waals surface area contributed by atoms with Gasteiger partial charge in [0.1, 0.15) is 0 Å². The maximum absolute atomic E-state index is 7.55. The Labute approximate surface area is 570 Å². The van der Waals surface area contributed by atoms with Crippen LogP contribution in [0.3, 0.4) is 0 Å². The molecule has 0 aromatic heterocycles. The van der Waals surface area contributed by atoms with E-state index in [2.05, 4.69) is 382 Å². The molecule has 97 heavy (non-hydrogen) atoms. The van der Waals surface area contributed by atoms with Crippen molar-refractivity contribution in [3.63, 3.8) is 0 Å². The lowest BCUT2D eigenvalue weighted by molar-refractivity contribution is 0.0770. The number of rotatable bonds is 21. The molecular weight excluding hydrogens is 1180 g/mol. The van der Waals surface area contributed by atoms with Gasteiger partial charge in [-0.25, -0.2) is 0 Å². The van der Waals surface area contributed by atoms with Crippen LogP contribution in [0.15, 0.2) is 382 Å². The molecule has 15 aromatic rings. The first-order chi connectivity index (χ1) is 48.2. The van der Waals surface area contributed by atoms with Gasteiger partial charge in [-0.2, -0.15) is 0 Å². The molecule has 4 heteroatoms. The number of hydrogen-bond acceptors (Lipinski definition) is 3. The van der Waals surface area contributed by atoms with E-state index in [0.29, 0.717) is 0 Å². The molecule has 15 rings (SSSR count). The molecule has 0 amide bonds. The van der Waals surface area contributed by atoms with E-state index < -0.39 is 7.32 Å². The molecule has 0 radical (unpaired) electrons. The van der Waals surface area contributed by atoms with E-state index in [1.807, 2.05) is 0 Å². The lowest BCUT2D eigenvalue weighted by atomic mass is 9.80. The Hall–Kier alpha value is -11.8. The molecule has 0 aliphatic rings. The smallest absolute Gasteiger partial charge is 0.382 e. The normalized spacial score (nSPS) is 11.1. The molecular formula is C93H69BO3. The molecule has 15 aromatic carbocycles. The van der Waals surface area contributed by atoms with E-state index in [0.717, 1.165) is 150 Å². The summed E-state index contributed by atoms with van der Waals surface area (Å²) in [6.07, 6.45) is 0. The predicted octanol–water partition coefficient (Wildman–Crippen LogP) is 24.6. The maximum atomic E-state index is 7.55. The number of hydrogen-bond donors (Lipinski definition) is 0. The minimum Gasteiger partial charge on any atom is -0.382 e. The third kappa shape index (κ3) is 13.3. The fourth-order valence-electron chi connectivity index (χ4n) is 13.9. The van der Waals surface area contributed by atoms with Gasteiger partial charge in [0.2, 0.25) is 0 Å². The van der Waals surface area contributed by atoms with E-state index >= 15 is 0 Å². The van der Waals surface area contributed by atoms with Gasteiger partial charge in [-0.3, -0.25) is 0 Å². The summed E-state index contributed by atoms with van der Waals surface area (Å²) in [6, 6.07) is 136. The Bertz CT molecular complexity index is 4550. The molecule has 0 unspecified atom stereocenters. The lowest BCUT2D eigenvalue weighted by Crippen LogP contribution is -2.27. The molecule has 0 fully saturated rings. The van der Waals surface area contributed by atoms with Crippen LogP contribution in [-0.4, -0.2) is 7.32 Å². The Morgan fingerprint density at radius 1 is 0.155 bits per heavy atom. The first kappa shape index (κ1) is 61.4. The lowest BCUT2D eigenvalue weighted by Gasteiger charge is -2.26. The minimum absolute atomic E-state index is 0.121. The average molecular weight is 1250 g/mol. The van der Waals surface area contributed by atoms with Crippen molar-refractivity contribution in [1.82, 2.24) is 0 Å². The third-order valence-corrected chi connectivity index (χ3v) is 18.2. The summed E-state index contributed by atoms with van der Waals surface area (Å²) >= 11 is 0. The molecule has 0 N–H and O–H groups in total. The SMILES string of the molecule is c1ccc(-c2cc(COB(OCc3cc(-c4ccccc4)c(-c4ccccc4)c(-c4ccccc4)c3-c3ccccc3)OCc3cc(-c4ccccc4)c(-c4ccccc4)c(-c4ccccc4)c3-c3ccccc3)c(-c3ccccc3)c(-c3ccccc3)c2-c2ccccc2)cc1. The molecule has 0 bridgehead atoms. The van der Waals surface area contributed by atoms with Crippen molar-refractivity contribution < 1.29 is 14.0 Å². The summed E-state index contributed by atoms with van der Waals surface area (Å²) in [5.74, 6) is 0. The third-order valence-electron chi connectivity index (χ3n) is 18.2. The molecule has 462 valence electrons. The Morgan fingerprint density at radius 2 is 0.299 bits per heavy atom. The van der Waals surface area contributed by atoms with Crippen molar-refractivity contribution in [2.24, 2.45) is 0 Å². The quantitative estimate of drug-likeness (QED) is 0.0671. The summed E-state index contributed by atoms with van der Waals surface area (Å²) in [6.45, 7) is 0.362. The van der Waals surface area contributed by atoms with Crippen LogP contribution >= 0.6 is 0 Å². The zero-order valence-electron chi connectivity index (χ0n) is 53.8. The molecule has 0 saturated heterocycles. The molecule has 0 atom stereocenters. The van der Waals surface area contributed by atoms with Crippen molar-refractivity contribution in [1.29, 1.82) is 0 Å². The van der Waals surface area contributed by atoms with Crippen LogP contribution < -0.4 is 0 Å². The Morgan fingerprint density at radius 3 is 0.474 bits per heavy atom. The van der Waals surface area contributed by atoms with Gasteiger partial charge in [-0.15, -0.1) is 0 Å². The highest BCUT2D eigenvalue weighted by atomic mass is 16.7. The first-order valence-electron chi connectivity index (χ1n) is 33.3. The van der Waals surface area contributed by atoms with Crippen LogP contribution in [0.5, 0.6) is 0 Å². The van der Waals surface area contributed by atoms with Crippen LogP contribution in [0.4, 0.5) is 0 Å². The van der Waals surface area contributed by atoms with Crippen LogP contribution in [-0.2, 0) is 33.8 Å². The summed E-state index contributed by atoms with van der Waals surface area (Å²) in [4.78, 5) is 0. The van der Waals surface area contributed by atoms with E-state index in [-0.39, 0.29) is 19.8 Å². The molecule has 0 aliphatic carbocycles. The largest absolute Gasteiger partial charge is 0.640 e. The second-order valence-electron chi connectivity index (χ2n) is 24.2. The monoisotopic (exact) mass is 1240 g/mol. The first-order valence-corrected chi connectivity index (χ1v) is 33.3. The van der Waals surface area contributed by atoms with Crippen LogP contribution in [0.2, 0.25) is 0 Å². The zero-order chi connectivity index (χ0) is 65.0. The molecule has 3 nitrogen and oxygen atoms in total. The second-order valence-corrected chi connectivity index (χ2v) is 24.2. The topological polar surface area (TPSA) is 27.7 Å². The highest BCUT2D eigenvalue weighted by molar-refractivity contribution is 6.36. The maximum Gasteiger partial charge on any atom is 0.640 e. The van der Waals surface area contributed by atoms with Gasteiger partial charge >= 0.3 is 7.32 Å². The summed E-state index contributed by atoms with van der Waals surface area (Å²) < 4.78 is 22.7. The van der Waals surface area contributed by atoms with E-state index in [4.69, 9.17) is 14.0 Å². The minimum atomic E-state index is -1.23. The summed E-state index contributed by atoms with van der Waals surface area (Å²) in [5.41, 5.74) is 29.2. The molecule has 0 spiro atoms. The van der Waals surface area contributed by atoms with Gasteiger partial charge < -0.3 is 14.0 Å². The zero-order valence-corrected chi connectivity index (χ0v) is 53.8. The Kier molecular flexibility index (Phi) is 18.5. The Balaban J connectivity index is 0.955. The van der Waals surface area contributed by atoms with Crippen molar-refractivity contribution in [2.75, 3.05) is 0 Å². The highest BCUT2D eigenvalue weighted by Crippen LogP contribution is 2.52. The fourth-order valence-corrected chi connectivity index (χ4v) is 13.9. The van der Waals surface area contributed by atoms with Crippen molar-refractivity contribution in [3.8, 4) is 134 Å². The van der Waals surface area contributed by atoms with Gasteiger partial charge in [0.15, 0.2) is 0 Å². The van der Waals surface area contributed by atoms with E-state index in [1.165, 1.54) is 0 Å². The van der Waals surface area contributed by atoms with E-state index in [9.17, 15) is 0 Å². The molecule has 0 saturated carbocycles. The van der Waals surface area contributed by atoms with Crippen LogP contribution in [0.25, 0.3) is 134 Å². The average Bonchev–Trinajstić information content (AvgIpc) is 0.779. The predicted molar refractivity (Wildman–Crippen MR) is 405 cm³/mol.